The van der Waals surface area contributed by atoms with E-state index in [4.69, 9.17) is 0 Å². The Balaban J connectivity index is 1.74. The molecular weight excluding hydrogens is 262 g/mol. The van der Waals surface area contributed by atoms with Gasteiger partial charge >= 0.3 is 6.03 Å². The molecule has 1 aromatic carbocycles. The highest BCUT2D eigenvalue weighted by Crippen LogP contribution is 2.33. The summed E-state index contributed by atoms with van der Waals surface area (Å²) in [4.78, 5) is 14.5. The molecule has 0 radical (unpaired) electrons. The van der Waals surface area contributed by atoms with Gasteiger partial charge < -0.3 is 10.6 Å². The molecule has 114 valence electrons. The number of amides is 2. The lowest BCUT2D eigenvalue weighted by atomic mass is 9.95. The summed E-state index contributed by atoms with van der Waals surface area (Å²) in [6.45, 7) is 0.779. The maximum atomic E-state index is 12.6. The Bertz CT molecular complexity index is 497. The van der Waals surface area contributed by atoms with Crippen LogP contribution >= 0.6 is 0 Å². The van der Waals surface area contributed by atoms with Crippen LogP contribution in [0.5, 0.6) is 0 Å². The van der Waals surface area contributed by atoms with Gasteiger partial charge in [0.15, 0.2) is 0 Å². The molecule has 1 atom stereocenters. The molecule has 2 N–H and O–H groups in total. The lowest BCUT2D eigenvalue weighted by Crippen LogP contribution is -2.48. The molecule has 1 aromatic rings. The number of nitrogens with one attached hydrogen (secondary N) is 2. The third kappa shape index (κ3) is 3.05. The van der Waals surface area contributed by atoms with Crippen molar-refractivity contribution in [3.63, 3.8) is 0 Å². The first-order valence-corrected chi connectivity index (χ1v) is 8.14. The lowest BCUT2D eigenvalue weighted by Gasteiger charge is -2.35. The van der Waals surface area contributed by atoms with Crippen molar-refractivity contribution in [3.8, 4) is 0 Å². The highest BCUT2D eigenvalue weighted by Gasteiger charge is 2.28. The monoisotopic (exact) mass is 287 g/mol. The molecule has 1 saturated carbocycles. The summed E-state index contributed by atoms with van der Waals surface area (Å²) >= 11 is 0. The van der Waals surface area contributed by atoms with E-state index in [1.165, 1.54) is 24.8 Å². The molecule has 1 aliphatic heterocycles. The van der Waals surface area contributed by atoms with Gasteiger partial charge in [0, 0.05) is 18.6 Å². The molecule has 1 aliphatic carbocycles. The normalized spacial score (nSPS) is 22.7. The molecule has 2 aliphatic rings. The van der Waals surface area contributed by atoms with E-state index < -0.39 is 0 Å². The van der Waals surface area contributed by atoms with Crippen molar-refractivity contribution in [1.82, 2.24) is 10.6 Å². The minimum Gasteiger partial charge on any atom is -0.335 e. The van der Waals surface area contributed by atoms with Gasteiger partial charge in [0.05, 0.1) is 5.69 Å². The quantitative estimate of drug-likeness (QED) is 0.877. The number of carbonyl (C=O) groups is 1. The Hall–Kier alpha value is -1.55. The van der Waals surface area contributed by atoms with Crippen molar-refractivity contribution in [2.24, 2.45) is 0 Å². The predicted octanol–water partition coefficient (Wildman–Crippen LogP) is 3.20. The van der Waals surface area contributed by atoms with E-state index in [1.54, 1.807) is 0 Å². The van der Waals surface area contributed by atoms with E-state index >= 15 is 0 Å². The largest absolute Gasteiger partial charge is 0.335 e. The summed E-state index contributed by atoms with van der Waals surface area (Å²) in [6, 6.07) is 9.02. The summed E-state index contributed by atoms with van der Waals surface area (Å²) < 4.78 is 0. The Morgan fingerprint density at radius 3 is 2.67 bits per heavy atom. The molecule has 1 unspecified atom stereocenters. The van der Waals surface area contributed by atoms with Crippen LogP contribution in [0.25, 0.3) is 0 Å². The minimum absolute atomic E-state index is 0.0731. The predicted molar refractivity (Wildman–Crippen MR) is 85.6 cm³/mol. The van der Waals surface area contributed by atoms with Gasteiger partial charge in [-0.05, 0) is 37.9 Å². The molecule has 0 saturated heterocycles. The van der Waals surface area contributed by atoms with E-state index in [0.717, 1.165) is 31.5 Å². The molecule has 21 heavy (non-hydrogen) atoms. The van der Waals surface area contributed by atoms with Crippen molar-refractivity contribution in [1.29, 1.82) is 0 Å². The Kier molecular flexibility index (Phi) is 4.44. The van der Waals surface area contributed by atoms with Crippen LogP contribution in [-0.4, -0.2) is 25.7 Å². The van der Waals surface area contributed by atoms with Crippen LogP contribution in [0, 0.1) is 0 Å². The van der Waals surface area contributed by atoms with Crippen molar-refractivity contribution in [3.05, 3.63) is 29.8 Å². The number of hydrogen-bond donors (Lipinski definition) is 2. The first-order valence-electron chi connectivity index (χ1n) is 8.14. The minimum atomic E-state index is 0.0731. The van der Waals surface area contributed by atoms with E-state index in [9.17, 15) is 4.79 Å². The van der Waals surface area contributed by atoms with Gasteiger partial charge in [-0.3, -0.25) is 4.90 Å². The molecule has 0 aromatic heterocycles. The molecule has 0 bridgehead atoms. The number of urea groups is 1. The molecule has 4 nitrogen and oxygen atoms in total. The van der Waals surface area contributed by atoms with Gasteiger partial charge in [-0.25, -0.2) is 4.79 Å². The standard InChI is InChI=1S/C17H25N3O/c1-18-15-11-12-20(16-10-6-5-9-14(15)16)17(21)19-13-7-3-2-4-8-13/h5-6,9-10,13,15,18H,2-4,7-8,11-12H2,1H3,(H,19,21). The zero-order chi connectivity index (χ0) is 14.7. The summed E-state index contributed by atoms with van der Waals surface area (Å²) in [5, 5.41) is 6.57. The van der Waals surface area contributed by atoms with Crippen LogP contribution in [0.2, 0.25) is 0 Å². The zero-order valence-corrected chi connectivity index (χ0v) is 12.8. The Labute approximate surface area is 126 Å². The lowest BCUT2D eigenvalue weighted by molar-refractivity contribution is 0.237. The summed E-state index contributed by atoms with van der Waals surface area (Å²) in [5.41, 5.74) is 2.28. The average molecular weight is 287 g/mol. The van der Waals surface area contributed by atoms with E-state index in [2.05, 4.69) is 22.8 Å². The molecule has 4 heteroatoms. The molecule has 2 amide bonds. The van der Waals surface area contributed by atoms with Gasteiger partial charge in [0.1, 0.15) is 0 Å². The second kappa shape index (κ2) is 6.48. The molecule has 1 heterocycles. The first-order chi connectivity index (χ1) is 10.3. The van der Waals surface area contributed by atoms with Gasteiger partial charge in [-0.15, -0.1) is 0 Å². The van der Waals surface area contributed by atoms with Crippen LogP contribution < -0.4 is 15.5 Å². The van der Waals surface area contributed by atoms with Gasteiger partial charge in [-0.2, -0.15) is 0 Å². The van der Waals surface area contributed by atoms with E-state index in [0.29, 0.717) is 12.1 Å². The van der Waals surface area contributed by atoms with Gasteiger partial charge in [0.2, 0.25) is 0 Å². The number of fused-ring (bicyclic) bond motifs is 1. The van der Waals surface area contributed by atoms with Crippen LogP contribution in [-0.2, 0) is 0 Å². The summed E-state index contributed by atoms with van der Waals surface area (Å²) in [6.07, 6.45) is 7.00. The molecule has 1 fully saturated rings. The number of benzene rings is 1. The number of rotatable bonds is 2. The maximum Gasteiger partial charge on any atom is 0.322 e. The SMILES string of the molecule is CNC1CCN(C(=O)NC2CCCCC2)c2ccccc21. The number of carbonyl (C=O) groups excluding carboxylic acids is 1. The number of anilines is 1. The van der Waals surface area contributed by atoms with Crippen molar-refractivity contribution in [2.75, 3.05) is 18.5 Å². The number of hydrogen-bond acceptors (Lipinski definition) is 2. The van der Waals surface area contributed by atoms with Crippen molar-refractivity contribution in [2.45, 2.75) is 50.6 Å². The first kappa shape index (κ1) is 14.4. The van der Waals surface area contributed by atoms with Gasteiger partial charge in [0.25, 0.3) is 0 Å². The topological polar surface area (TPSA) is 44.4 Å². The second-order valence-corrected chi connectivity index (χ2v) is 6.12. The second-order valence-electron chi connectivity index (χ2n) is 6.12. The summed E-state index contributed by atoms with van der Waals surface area (Å²) in [5.74, 6) is 0. The third-order valence-corrected chi connectivity index (χ3v) is 4.77. The molecule has 0 spiro atoms. The Morgan fingerprint density at radius 1 is 1.14 bits per heavy atom. The highest BCUT2D eigenvalue weighted by molar-refractivity contribution is 5.93. The van der Waals surface area contributed by atoms with E-state index in [-0.39, 0.29) is 6.03 Å². The zero-order valence-electron chi connectivity index (χ0n) is 12.8. The summed E-state index contributed by atoms with van der Waals surface area (Å²) in [7, 11) is 1.99. The van der Waals surface area contributed by atoms with Crippen molar-refractivity contribution >= 4 is 11.7 Å². The smallest absolute Gasteiger partial charge is 0.322 e. The van der Waals surface area contributed by atoms with Crippen LogP contribution in [0.1, 0.15) is 50.1 Å². The molecule has 3 rings (SSSR count). The molecular formula is C17H25N3O. The number of para-hydroxylation sites is 1. The van der Waals surface area contributed by atoms with Crippen LogP contribution in [0.4, 0.5) is 10.5 Å². The highest BCUT2D eigenvalue weighted by atomic mass is 16.2. The maximum absolute atomic E-state index is 12.6. The fourth-order valence-electron chi connectivity index (χ4n) is 3.57. The fraction of sp³-hybridized carbons (Fsp3) is 0.588. The Morgan fingerprint density at radius 2 is 1.90 bits per heavy atom. The van der Waals surface area contributed by atoms with E-state index in [1.807, 2.05) is 24.1 Å². The third-order valence-electron chi connectivity index (χ3n) is 4.77. The fourth-order valence-corrected chi connectivity index (χ4v) is 3.57. The average Bonchev–Trinajstić information content (AvgIpc) is 2.54. The van der Waals surface area contributed by atoms with Crippen LogP contribution in [0.3, 0.4) is 0 Å². The number of nitrogens with zero attached hydrogens (tertiary/aromatic N) is 1. The van der Waals surface area contributed by atoms with Gasteiger partial charge in [-0.1, -0.05) is 37.5 Å². The van der Waals surface area contributed by atoms with Crippen molar-refractivity contribution < 1.29 is 4.79 Å². The van der Waals surface area contributed by atoms with Crippen LogP contribution in [0.15, 0.2) is 24.3 Å².